The SMILES string of the molecule is COc1ccc(CC(=O)N2CCN(C(=O)C(C)N3C(=O)c4ccccc4C3=O)CC2)cc1. The van der Waals surface area contributed by atoms with Crippen LogP contribution < -0.4 is 4.74 Å². The van der Waals surface area contributed by atoms with Gasteiger partial charge in [0.25, 0.3) is 11.8 Å². The zero-order valence-corrected chi connectivity index (χ0v) is 18.1. The van der Waals surface area contributed by atoms with E-state index in [2.05, 4.69) is 0 Å². The molecule has 32 heavy (non-hydrogen) atoms. The first-order valence-electron chi connectivity index (χ1n) is 10.6. The van der Waals surface area contributed by atoms with E-state index in [1.165, 1.54) is 0 Å². The number of carbonyl (C=O) groups excluding carboxylic acids is 4. The summed E-state index contributed by atoms with van der Waals surface area (Å²) >= 11 is 0. The molecule has 8 heteroatoms. The number of imide groups is 1. The Morgan fingerprint density at radius 3 is 1.94 bits per heavy atom. The van der Waals surface area contributed by atoms with Gasteiger partial charge in [-0.1, -0.05) is 24.3 Å². The first-order valence-corrected chi connectivity index (χ1v) is 10.6. The number of amides is 4. The van der Waals surface area contributed by atoms with Crippen LogP contribution in [0.2, 0.25) is 0 Å². The monoisotopic (exact) mass is 435 g/mol. The summed E-state index contributed by atoms with van der Waals surface area (Å²) in [7, 11) is 1.59. The molecule has 166 valence electrons. The van der Waals surface area contributed by atoms with E-state index in [0.29, 0.717) is 37.3 Å². The Morgan fingerprint density at radius 2 is 1.41 bits per heavy atom. The van der Waals surface area contributed by atoms with Gasteiger partial charge in [0.1, 0.15) is 11.8 Å². The predicted octanol–water partition coefficient (Wildman–Crippen LogP) is 1.59. The summed E-state index contributed by atoms with van der Waals surface area (Å²) in [6.07, 6.45) is 0.281. The van der Waals surface area contributed by atoms with Crippen molar-refractivity contribution in [1.29, 1.82) is 0 Å². The maximum Gasteiger partial charge on any atom is 0.262 e. The fourth-order valence-corrected chi connectivity index (χ4v) is 4.14. The number of carbonyl (C=O) groups is 4. The topological polar surface area (TPSA) is 87.2 Å². The van der Waals surface area contributed by atoms with E-state index < -0.39 is 17.9 Å². The smallest absolute Gasteiger partial charge is 0.262 e. The van der Waals surface area contributed by atoms with Gasteiger partial charge in [-0.15, -0.1) is 0 Å². The third-order valence-corrected chi connectivity index (χ3v) is 6.03. The lowest BCUT2D eigenvalue weighted by Crippen LogP contribution is -2.56. The molecule has 0 saturated carbocycles. The molecule has 2 aromatic rings. The normalized spacial score (nSPS) is 16.8. The van der Waals surface area contributed by atoms with Crippen molar-refractivity contribution in [3.05, 3.63) is 65.2 Å². The molecule has 0 spiro atoms. The van der Waals surface area contributed by atoms with Crippen LogP contribution in [0, 0.1) is 0 Å². The molecule has 4 rings (SSSR count). The fraction of sp³-hybridized carbons (Fsp3) is 0.333. The molecule has 1 atom stereocenters. The molecule has 2 aromatic carbocycles. The standard InChI is InChI=1S/C24H25N3O5/c1-16(27-23(30)19-5-3-4-6-20(19)24(27)31)22(29)26-13-11-25(12-14-26)21(28)15-17-7-9-18(32-2)10-8-17/h3-10,16H,11-15H2,1-2H3. The number of hydrogen-bond acceptors (Lipinski definition) is 5. The predicted molar refractivity (Wildman–Crippen MR) is 116 cm³/mol. The summed E-state index contributed by atoms with van der Waals surface area (Å²) in [6.45, 7) is 3.12. The van der Waals surface area contributed by atoms with Crippen LogP contribution in [0.15, 0.2) is 48.5 Å². The summed E-state index contributed by atoms with van der Waals surface area (Å²) in [5, 5.41) is 0. The summed E-state index contributed by atoms with van der Waals surface area (Å²) in [6, 6.07) is 13.0. The average molecular weight is 435 g/mol. The third-order valence-electron chi connectivity index (χ3n) is 6.03. The first-order chi connectivity index (χ1) is 15.4. The van der Waals surface area contributed by atoms with Crippen molar-refractivity contribution in [2.24, 2.45) is 0 Å². The quantitative estimate of drug-likeness (QED) is 0.666. The molecule has 0 aliphatic carbocycles. The number of fused-ring (bicyclic) bond motifs is 1. The van der Waals surface area contributed by atoms with Crippen LogP contribution >= 0.6 is 0 Å². The number of rotatable bonds is 5. The van der Waals surface area contributed by atoms with Crippen molar-refractivity contribution in [2.75, 3.05) is 33.3 Å². The lowest BCUT2D eigenvalue weighted by atomic mass is 10.1. The van der Waals surface area contributed by atoms with Crippen molar-refractivity contribution < 1.29 is 23.9 Å². The Morgan fingerprint density at radius 1 is 0.875 bits per heavy atom. The molecule has 0 aromatic heterocycles. The van der Waals surface area contributed by atoms with Crippen LogP contribution in [0.25, 0.3) is 0 Å². The Balaban J connectivity index is 1.34. The van der Waals surface area contributed by atoms with Crippen LogP contribution in [-0.2, 0) is 16.0 Å². The van der Waals surface area contributed by atoms with Crippen LogP contribution in [0.1, 0.15) is 33.2 Å². The van der Waals surface area contributed by atoms with E-state index in [1.54, 1.807) is 48.1 Å². The van der Waals surface area contributed by atoms with E-state index in [4.69, 9.17) is 4.74 Å². The fourth-order valence-electron chi connectivity index (χ4n) is 4.14. The number of hydrogen-bond donors (Lipinski definition) is 0. The largest absolute Gasteiger partial charge is 0.497 e. The molecule has 1 saturated heterocycles. The van der Waals surface area contributed by atoms with Crippen LogP contribution in [0.3, 0.4) is 0 Å². The van der Waals surface area contributed by atoms with E-state index in [0.717, 1.165) is 16.2 Å². The zero-order chi connectivity index (χ0) is 22.8. The Kier molecular flexibility index (Phi) is 5.94. The summed E-state index contributed by atoms with van der Waals surface area (Å²) in [5.74, 6) is -0.447. The van der Waals surface area contributed by atoms with Gasteiger partial charge in [0.2, 0.25) is 11.8 Å². The van der Waals surface area contributed by atoms with Gasteiger partial charge < -0.3 is 14.5 Å². The summed E-state index contributed by atoms with van der Waals surface area (Å²) < 4.78 is 5.13. The number of piperazine rings is 1. The highest BCUT2D eigenvalue weighted by atomic mass is 16.5. The van der Waals surface area contributed by atoms with Gasteiger partial charge in [-0.3, -0.25) is 24.1 Å². The molecule has 0 N–H and O–H groups in total. The minimum atomic E-state index is -0.899. The maximum atomic E-state index is 13.0. The van der Waals surface area contributed by atoms with Gasteiger partial charge in [0.15, 0.2) is 0 Å². The molecule has 0 bridgehead atoms. The number of benzene rings is 2. The van der Waals surface area contributed by atoms with Crippen molar-refractivity contribution in [3.8, 4) is 5.75 Å². The van der Waals surface area contributed by atoms with Crippen LogP contribution in [-0.4, -0.2) is 77.7 Å². The lowest BCUT2D eigenvalue weighted by molar-refractivity contribution is -0.141. The highest BCUT2D eigenvalue weighted by Gasteiger charge is 2.42. The van der Waals surface area contributed by atoms with Gasteiger partial charge in [0.05, 0.1) is 24.7 Å². The van der Waals surface area contributed by atoms with Crippen LogP contribution in [0.5, 0.6) is 5.75 Å². The molecule has 1 unspecified atom stereocenters. The van der Waals surface area contributed by atoms with Gasteiger partial charge in [-0.05, 0) is 36.8 Å². The first kappa shape index (κ1) is 21.5. The van der Waals surface area contributed by atoms with Crippen molar-refractivity contribution in [1.82, 2.24) is 14.7 Å². The van der Waals surface area contributed by atoms with Crippen molar-refractivity contribution >= 4 is 23.6 Å². The number of methoxy groups -OCH3 is 1. The maximum absolute atomic E-state index is 13.0. The van der Waals surface area contributed by atoms with Crippen molar-refractivity contribution in [2.45, 2.75) is 19.4 Å². The Labute approximate surface area is 186 Å². The Bertz CT molecular complexity index is 1020. The van der Waals surface area contributed by atoms with Gasteiger partial charge in [0, 0.05) is 26.2 Å². The average Bonchev–Trinajstić information content (AvgIpc) is 3.08. The molecular weight excluding hydrogens is 410 g/mol. The van der Waals surface area contributed by atoms with E-state index in [9.17, 15) is 19.2 Å². The molecule has 8 nitrogen and oxygen atoms in total. The zero-order valence-electron chi connectivity index (χ0n) is 18.1. The number of nitrogens with zero attached hydrogens (tertiary/aromatic N) is 3. The second-order valence-electron chi connectivity index (χ2n) is 7.93. The molecule has 2 heterocycles. The van der Waals surface area contributed by atoms with Crippen molar-refractivity contribution in [3.63, 3.8) is 0 Å². The molecule has 4 amide bonds. The van der Waals surface area contributed by atoms with E-state index in [1.807, 2.05) is 24.3 Å². The van der Waals surface area contributed by atoms with Gasteiger partial charge >= 0.3 is 0 Å². The highest BCUT2D eigenvalue weighted by molar-refractivity contribution is 6.22. The minimum Gasteiger partial charge on any atom is -0.497 e. The van der Waals surface area contributed by atoms with Gasteiger partial charge in [-0.2, -0.15) is 0 Å². The Hall–Kier alpha value is -3.68. The lowest BCUT2D eigenvalue weighted by Gasteiger charge is -2.37. The molecular formula is C24H25N3O5. The molecule has 1 fully saturated rings. The summed E-state index contributed by atoms with van der Waals surface area (Å²) in [4.78, 5) is 55.4. The van der Waals surface area contributed by atoms with Gasteiger partial charge in [-0.25, -0.2) is 0 Å². The molecule has 2 aliphatic rings. The third kappa shape index (κ3) is 3.95. The van der Waals surface area contributed by atoms with Crippen LogP contribution in [0.4, 0.5) is 0 Å². The number of ether oxygens (including phenoxy) is 1. The highest BCUT2D eigenvalue weighted by Crippen LogP contribution is 2.25. The van der Waals surface area contributed by atoms with E-state index >= 15 is 0 Å². The van der Waals surface area contributed by atoms with E-state index in [-0.39, 0.29) is 18.2 Å². The minimum absolute atomic E-state index is 0.00402. The molecule has 2 aliphatic heterocycles. The molecule has 0 radical (unpaired) electrons. The second-order valence-corrected chi connectivity index (χ2v) is 7.93. The second kappa shape index (κ2) is 8.82. The summed E-state index contributed by atoms with van der Waals surface area (Å²) in [5.41, 5.74) is 1.55.